The Morgan fingerprint density at radius 3 is 1.67 bits per heavy atom. The highest BCUT2D eigenvalue weighted by molar-refractivity contribution is 7.14. The molecule has 1 amide bonds. The van der Waals surface area contributed by atoms with Gasteiger partial charge in [0.2, 0.25) is 11.7 Å². The van der Waals surface area contributed by atoms with Gasteiger partial charge < -0.3 is 25.7 Å². The van der Waals surface area contributed by atoms with E-state index in [1.54, 1.807) is 62.9 Å². The number of carbonyl (C=O) groups is 6. The first kappa shape index (κ1) is 39.2. The molecule has 268 valence electrons. The van der Waals surface area contributed by atoms with Gasteiger partial charge in [0.25, 0.3) is 0 Å². The maximum Gasteiger partial charge on any atom is 0.320 e. The zero-order valence-corrected chi connectivity index (χ0v) is 28.3. The molecule has 1 aliphatic rings. The summed E-state index contributed by atoms with van der Waals surface area (Å²) in [6.07, 6.45) is 0.499. The second-order valence-corrected chi connectivity index (χ2v) is 13.1. The number of aliphatic carboxylic acids is 4. The van der Waals surface area contributed by atoms with E-state index in [1.807, 2.05) is 6.07 Å². The molecule has 0 bridgehead atoms. The Morgan fingerprint density at radius 1 is 0.714 bits per heavy atom. The molecule has 5 N–H and O–H groups in total. The van der Waals surface area contributed by atoms with Gasteiger partial charge in [-0.1, -0.05) is 30.3 Å². The topological polar surface area (TPSA) is 208 Å². The van der Waals surface area contributed by atoms with E-state index in [0.717, 1.165) is 4.88 Å². The third-order valence-corrected chi connectivity index (χ3v) is 9.60. The molecule has 2 atom stereocenters. The van der Waals surface area contributed by atoms with E-state index >= 15 is 0 Å². The third kappa shape index (κ3) is 13.3. The number of amides is 1. The normalized spacial score (nSPS) is 17.2. The molecule has 0 spiro atoms. The number of carboxylic acid groups (broad SMARTS) is 4. The van der Waals surface area contributed by atoms with Crippen molar-refractivity contribution < 1.29 is 49.2 Å². The minimum atomic E-state index is -1.09. The summed E-state index contributed by atoms with van der Waals surface area (Å²) in [5.74, 6) is -5.20. The minimum absolute atomic E-state index is 0.122. The first-order valence-electron chi connectivity index (χ1n) is 16.1. The molecule has 15 nitrogen and oxygen atoms in total. The highest BCUT2D eigenvalue weighted by atomic mass is 32.1. The van der Waals surface area contributed by atoms with Gasteiger partial charge in [-0.15, -0.1) is 11.3 Å². The molecule has 1 fully saturated rings. The molecule has 49 heavy (non-hydrogen) atoms. The van der Waals surface area contributed by atoms with E-state index in [9.17, 15) is 49.2 Å². The zero-order valence-electron chi connectivity index (χ0n) is 27.5. The Labute approximate surface area is 288 Å². The van der Waals surface area contributed by atoms with Crippen molar-refractivity contribution in [2.45, 2.75) is 31.7 Å². The predicted molar refractivity (Wildman–Crippen MR) is 180 cm³/mol. The summed E-state index contributed by atoms with van der Waals surface area (Å²) in [5.41, 5.74) is 0.560. The van der Waals surface area contributed by atoms with Crippen LogP contribution in [0.25, 0.3) is 0 Å². The number of nitrogens with one attached hydrogen (secondary N) is 1. The maximum absolute atomic E-state index is 13.0. The maximum atomic E-state index is 13.0. The van der Waals surface area contributed by atoms with Gasteiger partial charge in [0, 0.05) is 69.3 Å². The smallest absolute Gasteiger partial charge is 0.320 e. The predicted octanol–water partition coefficient (Wildman–Crippen LogP) is 0.908. The van der Waals surface area contributed by atoms with E-state index in [-0.39, 0.29) is 96.6 Å². The monoisotopic (exact) mass is 703 g/mol. The van der Waals surface area contributed by atoms with Crippen molar-refractivity contribution >= 4 is 46.9 Å². The molecular formula is C33H45N5O10S. The van der Waals surface area contributed by atoms with Gasteiger partial charge in [-0.25, -0.2) is 0 Å². The number of rotatable bonds is 16. The summed E-state index contributed by atoms with van der Waals surface area (Å²) in [7, 11) is 0. The molecule has 0 aliphatic carbocycles. The van der Waals surface area contributed by atoms with E-state index in [4.69, 9.17) is 0 Å². The summed E-state index contributed by atoms with van der Waals surface area (Å²) in [6, 6.07) is 11.3. The van der Waals surface area contributed by atoms with Crippen LogP contribution in [0, 0.1) is 0 Å². The quantitative estimate of drug-likeness (QED) is 0.122. The Hall–Kier alpha value is -4.22. The number of hydrogen-bond acceptors (Lipinski definition) is 11. The summed E-state index contributed by atoms with van der Waals surface area (Å²) in [6.45, 7) is 2.69. The van der Waals surface area contributed by atoms with E-state index in [2.05, 4.69) is 5.32 Å². The molecule has 1 aromatic carbocycles. The fraction of sp³-hybridized carbons (Fsp3) is 0.515. The van der Waals surface area contributed by atoms with Crippen molar-refractivity contribution in [2.75, 3.05) is 78.5 Å². The van der Waals surface area contributed by atoms with Crippen LogP contribution in [0.3, 0.4) is 0 Å². The largest absolute Gasteiger partial charge is 0.480 e. The highest BCUT2D eigenvalue weighted by Crippen LogP contribution is 2.27. The molecule has 1 aromatic heterocycles. The molecule has 2 unspecified atom stereocenters. The SMILES string of the molecule is CC(C(=O)NCCCC(C(=O)O)N1CCN(CC(=O)O)CCN(CC(=O)O)CCN(CC(=O)O)CC1)c1ccc(C(=O)c2ccccc2)s1. The number of carboxylic acids is 4. The van der Waals surface area contributed by atoms with Gasteiger partial charge >= 0.3 is 23.9 Å². The van der Waals surface area contributed by atoms with Gasteiger partial charge in [0.05, 0.1) is 30.4 Å². The van der Waals surface area contributed by atoms with Crippen LogP contribution in [0.15, 0.2) is 42.5 Å². The Balaban J connectivity index is 1.63. The summed E-state index contributed by atoms with van der Waals surface area (Å²) < 4.78 is 0. The third-order valence-electron chi connectivity index (χ3n) is 8.33. The van der Waals surface area contributed by atoms with Crippen molar-refractivity contribution in [1.82, 2.24) is 24.9 Å². The molecule has 1 saturated heterocycles. The molecule has 0 radical (unpaired) electrons. The summed E-state index contributed by atoms with van der Waals surface area (Å²) in [4.78, 5) is 80.6. The van der Waals surface area contributed by atoms with Gasteiger partial charge in [-0.3, -0.25) is 48.4 Å². The van der Waals surface area contributed by atoms with Crippen LogP contribution < -0.4 is 5.32 Å². The number of carbonyl (C=O) groups excluding carboxylic acids is 2. The molecule has 2 aromatic rings. The van der Waals surface area contributed by atoms with E-state index in [1.165, 1.54) is 11.3 Å². The number of thiophene rings is 1. The first-order chi connectivity index (χ1) is 23.3. The average molecular weight is 704 g/mol. The van der Waals surface area contributed by atoms with Gasteiger partial charge in [0.1, 0.15) is 6.04 Å². The molecule has 16 heteroatoms. The van der Waals surface area contributed by atoms with E-state index in [0.29, 0.717) is 16.9 Å². The van der Waals surface area contributed by atoms with Crippen LogP contribution in [-0.4, -0.2) is 160 Å². The Bertz CT molecular complexity index is 1410. The van der Waals surface area contributed by atoms with Crippen LogP contribution >= 0.6 is 11.3 Å². The van der Waals surface area contributed by atoms with Gasteiger partial charge in [-0.05, 0) is 31.9 Å². The fourth-order valence-electron chi connectivity index (χ4n) is 5.60. The van der Waals surface area contributed by atoms with Crippen molar-refractivity contribution in [3.8, 4) is 0 Å². The Kier molecular flexibility index (Phi) is 15.8. The first-order valence-corrected chi connectivity index (χ1v) is 16.9. The lowest BCUT2D eigenvalue weighted by Gasteiger charge is -2.35. The van der Waals surface area contributed by atoms with Crippen molar-refractivity contribution in [2.24, 2.45) is 0 Å². The minimum Gasteiger partial charge on any atom is -0.480 e. The standard InChI is InChI=1S/C33H45N5O10S/c1-23(26-9-10-27(49-26)31(45)24-6-3-2-4-7-24)32(46)34-11-5-8-25(33(47)48)38-18-16-36(21-29(41)42)14-12-35(20-28(39)40)13-15-37(17-19-38)22-30(43)44/h2-4,6-7,9-10,23,25H,5,8,11-22H2,1H3,(H,34,46)(H,39,40)(H,41,42)(H,43,44)(H,47,48). The lowest BCUT2D eigenvalue weighted by molar-refractivity contribution is -0.145. The second kappa shape index (κ2) is 19.7. The molecule has 2 heterocycles. The number of ketones is 1. The molecule has 3 rings (SSSR count). The number of nitrogens with zero attached hydrogens (tertiary/aromatic N) is 4. The molecular weight excluding hydrogens is 658 g/mol. The van der Waals surface area contributed by atoms with Crippen LogP contribution in [0.1, 0.15) is 45.8 Å². The molecule has 0 saturated carbocycles. The fourth-order valence-corrected chi connectivity index (χ4v) is 6.62. The van der Waals surface area contributed by atoms with Gasteiger partial charge in [0.15, 0.2) is 0 Å². The lowest BCUT2D eigenvalue weighted by atomic mass is 10.1. The summed E-state index contributed by atoms with van der Waals surface area (Å²) >= 11 is 1.25. The van der Waals surface area contributed by atoms with Crippen LogP contribution in [0.5, 0.6) is 0 Å². The second-order valence-electron chi connectivity index (χ2n) is 12.0. The lowest BCUT2D eigenvalue weighted by Crippen LogP contribution is -2.52. The molecule has 1 aliphatic heterocycles. The number of benzene rings is 1. The van der Waals surface area contributed by atoms with Crippen molar-refractivity contribution in [3.05, 3.63) is 57.8 Å². The highest BCUT2D eigenvalue weighted by Gasteiger charge is 2.28. The Morgan fingerprint density at radius 2 is 1.20 bits per heavy atom. The van der Waals surface area contributed by atoms with Crippen LogP contribution in [-0.2, 0) is 24.0 Å². The van der Waals surface area contributed by atoms with Crippen LogP contribution in [0.4, 0.5) is 0 Å². The zero-order chi connectivity index (χ0) is 35.9. The average Bonchev–Trinajstić information content (AvgIpc) is 3.54. The van der Waals surface area contributed by atoms with Crippen molar-refractivity contribution in [1.29, 1.82) is 0 Å². The van der Waals surface area contributed by atoms with Gasteiger partial charge in [-0.2, -0.15) is 0 Å². The van der Waals surface area contributed by atoms with Crippen molar-refractivity contribution in [3.63, 3.8) is 0 Å². The van der Waals surface area contributed by atoms with Crippen LogP contribution in [0.2, 0.25) is 0 Å². The number of hydrogen-bond donors (Lipinski definition) is 5. The van der Waals surface area contributed by atoms with E-state index < -0.39 is 35.8 Å². The summed E-state index contributed by atoms with van der Waals surface area (Å²) in [5, 5.41) is 41.3.